The molecule has 4 rings (SSSR count). The molecule has 7 nitrogen and oxygen atoms in total. The lowest BCUT2D eigenvalue weighted by Gasteiger charge is -2.08. The highest BCUT2D eigenvalue weighted by Gasteiger charge is 2.13. The van der Waals surface area contributed by atoms with Crippen LogP contribution in [-0.4, -0.2) is 21.6 Å². The molecule has 1 heterocycles. The van der Waals surface area contributed by atoms with Gasteiger partial charge in [-0.25, -0.2) is 0 Å². The topological polar surface area (TPSA) is 102 Å². The van der Waals surface area contributed by atoms with Crippen LogP contribution in [0.2, 0.25) is 0 Å². The number of nitrogens with zero attached hydrogens (tertiary/aromatic N) is 2. The van der Waals surface area contributed by atoms with Crippen molar-refractivity contribution in [2.45, 2.75) is 12.8 Å². The summed E-state index contributed by atoms with van der Waals surface area (Å²) in [6.45, 7) is 0. The van der Waals surface area contributed by atoms with Crippen LogP contribution in [0.3, 0.4) is 0 Å². The third kappa shape index (κ3) is 4.72. The number of rotatable bonds is 5. The van der Waals surface area contributed by atoms with Gasteiger partial charge in [-0.3, -0.25) is 14.3 Å². The van der Waals surface area contributed by atoms with E-state index < -0.39 is 0 Å². The first-order valence-electron chi connectivity index (χ1n) is 9.99. The lowest BCUT2D eigenvalue weighted by atomic mass is 10.1. The Kier molecular flexibility index (Phi) is 5.66. The predicted molar refractivity (Wildman–Crippen MR) is 123 cm³/mol. The Balaban J connectivity index is 1.45. The Bertz CT molecular complexity index is 1190. The maximum Gasteiger partial charge on any atom is 0.256 e. The van der Waals surface area contributed by atoms with Crippen LogP contribution < -0.4 is 16.4 Å². The Morgan fingerprint density at radius 3 is 2.52 bits per heavy atom. The minimum atomic E-state index is -0.258. The van der Waals surface area contributed by atoms with Gasteiger partial charge < -0.3 is 16.4 Å². The molecule has 7 heteroatoms. The van der Waals surface area contributed by atoms with Crippen LogP contribution in [-0.2, 0) is 11.8 Å². The van der Waals surface area contributed by atoms with Gasteiger partial charge in [-0.05, 0) is 43.2 Å². The maximum absolute atomic E-state index is 12.5. The van der Waals surface area contributed by atoms with Crippen molar-refractivity contribution in [3.05, 3.63) is 84.0 Å². The molecule has 2 aromatic carbocycles. The predicted octanol–water partition coefficient (Wildman–Crippen LogP) is 4.14. The van der Waals surface area contributed by atoms with Crippen molar-refractivity contribution in [1.82, 2.24) is 9.78 Å². The fraction of sp³-hybridized carbons (Fsp3) is 0.125. The fourth-order valence-electron chi connectivity index (χ4n) is 3.30. The lowest BCUT2D eigenvalue weighted by molar-refractivity contribution is -0.112. The number of allylic oxidation sites excluding steroid dienone is 2. The zero-order valence-corrected chi connectivity index (χ0v) is 17.1. The molecule has 31 heavy (non-hydrogen) atoms. The molecule has 0 atom stereocenters. The number of benzene rings is 2. The number of aryl methyl sites for hydroxylation is 1. The van der Waals surface area contributed by atoms with E-state index in [0.29, 0.717) is 34.0 Å². The molecule has 2 amide bonds. The van der Waals surface area contributed by atoms with E-state index in [1.54, 1.807) is 42.1 Å². The highest BCUT2D eigenvalue weighted by atomic mass is 16.2. The van der Waals surface area contributed by atoms with Gasteiger partial charge in [-0.2, -0.15) is 5.10 Å². The first kappa shape index (κ1) is 20.2. The second-order valence-corrected chi connectivity index (χ2v) is 7.29. The van der Waals surface area contributed by atoms with Crippen LogP contribution in [0.25, 0.3) is 11.3 Å². The van der Waals surface area contributed by atoms with Crippen molar-refractivity contribution in [2.75, 3.05) is 16.4 Å². The van der Waals surface area contributed by atoms with Crippen LogP contribution in [0.5, 0.6) is 0 Å². The maximum atomic E-state index is 12.5. The van der Waals surface area contributed by atoms with Crippen LogP contribution in [0.15, 0.2) is 78.4 Å². The number of nitrogens with one attached hydrogen (secondary N) is 2. The minimum Gasteiger partial charge on any atom is -0.399 e. The zero-order chi connectivity index (χ0) is 21.8. The first-order chi connectivity index (χ1) is 15.0. The van der Waals surface area contributed by atoms with Crippen LogP contribution >= 0.6 is 0 Å². The summed E-state index contributed by atoms with van der Waals surface area (Å²) in [7, 11) is 1.76. The highest BCUT2D eigenvalue weighted by Crippen LogP contribution is 2.24. The van der Waals surface area contributed by atoms with Crippen molar-refractivity contribution in [2.24, 2.45) is 7.05 Å². The summed E-state index contributed by atoms with van der Waals surface area (Å²) in [5, 5.41) is 10.2. The van der Waals surface area contributed by atoms with Crippen LogP contribution in [0, 0.1) is 0 Å². The molecule has 0 spiro atoms. The number of anilines is 3. The number of nitrogens with two attached hydrogens (primary N) is 1. The van der Waals surface area contributed by atoms with E-state index in [0.717, 1.165) is 18.4 Å². The largest absolute Gasteiger partial charge is 0.399 e. The number of hydrogen-bond donors (Lipinski definition) is 3. The van der Waals surface area contributed by atoms with E-state index >= 15 is 0 Å². The summed E-state index contributed by atoms with van der Waals surface area (Å²) in [4.78, 5) is 24.8. The van der Waals surface area contributed by atoms with Gasteiger partial charge in [0.25, 0.3) is 11.8 Å². The monoisotopic (exact) mass is 413 g/mol. The first-order valence-corrected chi connectivity index (χ1v) is 9.99. The molecule has 0 saturated heterocycles. The van der Waals surface area contributed by atoms with E-state index in [1.165, 1.54) is 0 Å². The van der Waals surface area contributed by atoms with Crippen molar-refractivity contribution >= 4 is 29.0 Å². The average molecular weight is 413 g/mol. The third-order valence-electron chi connectivity index (χ3n) is 4.97. The molecule has 156 valence electrons. The van der Waals surface area contributed by atoms with E-state index in [1.807, 2.05) is 42.5 Å². The van der Waals surface area contributed by atoms with Crippen molar-refractivity contribution in [1.29, 1.82) is 0 Å². The fourth-order valence-corrected chi connectivity index (χ4v) is 3.30. The molecule has 4 N–H and O–H groups in total. The number of amides is 2. The van der Waals surface area contributed by atoms with Gasteiger partial charge in [0.1, 0.15) is 5.82 Å². The van der Waals surface area contributed by atoms with E-state index in [-0.39, 0.29) is 11.8 Å². The summed E-state index contributed by atoms with van der Waals surface area (Å²) >= 11 is 0. The van der Waals surface area contributed by atoms with Gasteiger partial charge in [0, 0.05) is 41.2 Å². The molecule has 1 aliphatic rings. The highest BCUT2D eigenvalue weighted by molar-refractivity contribution is 6.06. The van der Waals surface area contributed by atoms with Gasteiger partial charge >= 0.3 is 0 Å². The summed E-state index contributed by atoms with van der Waals surface area (Å²) < 4.78 is 1.61. The molecule has 0 bridgehead atoms. The molecule has 1 aliphatic carbocycles. The Hall–Kier alpha value is -4.13. The van der Waals surface area contributed by atoms with Gasteiger partial charge in [0.2, 0.25) is 0 Å². The van der Waals surface area contributed by atoms with Crippen molar-refractivity contribution < 1.29 is 9.59 Å². The summed E-state index contributed by atoms with van der Waals surface area (Å²) in [5.41, 5.74) is 9.73. The quantitative estimate of drug-likeness (QED) is 0.547. The minimum absolute atomic E-state index is 0.118. The Morgan fingerprint density at radius 2 is 1.81 bits per heavy atom. The number of hydrogen-bond acceptors (Lipinski definition) is 4. The zero-order valence-electron chi connectivity index (χ0n) is 17.1. The van der Waals surface area contributed by atoms with Gasteiger partial charge in [0.05, 0.1) is 5.69 Å². The van der Waals surface area contributed by atoms with Crippen LogP contribution in [0.1, 0.15) is 23.2 Å². The Morgan fingerprint density at radius 1 is 1.00 bits per heavy atom. The molecule has 0 aliphatic heterocycles. The number of carbonyl (C=O) groups excluding carboxylic acids is 2. The molecule has 0 radical (unpaired) electrons. The van der Waals surface area contributed by atoms with Crippen LogP contribution in [0.4, 0.5) is 17.2 Å². The number of nitrogen functional groups attached to an aromatic ring is 1. The van der Waals surface area contributed by atoms with E-state index in [2.05, 4.69) is 15.7 Å². The molecule has 0 fully saturated rings. The summed E-state index contributed by atoms with van der Waals surface area (Å²) in [5.74, 6) is 0.190. The SMILES string of the molecule is Cn1nc(-c2ccc(NC(=O)C3=CCCC=C3)cc2)cc1NC(=O)c1cccc(N)c1. The smallest absolute Gasteiger partial charge is 0.256 e. The van der Waals surface area contributed by atoms with Crippen molar-refractivity contribution in [3.8, 4) is 11.3 Å². The third-order valence-corrected chi connectivity index (χ3v) is 4.97. The molecule has 3 aromatic rings. The average Bonchev–Trinajstić information content (AvgIpc) is 3.15. The summed E-state index contributed by atoms with van der Waals surface area (Å²) in [6.07, 6.45) is 7.64. The molecular weight excluding hydrogens is 390 g/mol. The molecule has 0 saturated carbocycles. The standard InChI is InChI=1S/C24H23N5O2/c1-29-22(27-24(31)18-8-5-9-19(25)14-18)15-21(28-29)16-10-12-20(13-11-16)26-23(30)17-6-3-2-4-7-17/h3,5-15H,2,4,25H2,1H3,(H,26,30)(H,27,31). The molecule has 1 aromatic heterocycles. The van der Waals surface area contributed by atoms with E-state index in [4.69, 9.17) is 5.73 Å². The second-order valence-electron chi connectivity index (χ2n) is 7.29. The number of aromatic nitrogens is 2. The van der Waals surface area contributed by atoms with Gasteiger partial charge in [-0.1, -0.05) is 36.4 Å². The molecule has 0 unspecified atom stereocenters. The number of carbonyl (C=O) groups is 2. The van der Waals surface area contributed by atoms with Gasteiger partial charge in [-0.15, -0.1) is 0 Å². The summed E-state index contributed by atoms with van der Waals surface area (Å²) in [6, 6.07) is 16.0. The van der Waals surface area contributed by atoms with E-state index in [9.17, 15) is 9.59 Å². The lowest BCUT2D eigenvalue weighted by Crippen LogP contribution is -2.14. The Labute approximate surface area is 180 Å². The second kappa shape index (κ2) is 8.71. The normalized spacial score (nSPS) is 12.9. The van der Waals surface area contributed by atoms with Gasteiger partial charge in [0.15, 0.2) is 0 Å². The molecular formula is C24H23N5O2. The van der Waals surface area contributed by atoms with Crippen molar-refractivity contribution in [3.63, 3.8) is 0 Å².